The minimum atomic E-state index is -0.185. The zero-order valence-corrected chi connectivity index (χ0v) is 19.9. The number of hydrogen-bond donors (Lipinski definition) is 1. The third kappa shape index (κ3) is 4.37. The number of fused-ring (bicyclic) bond motifs is 2. The quantitative estimate of drug-likeness (QED) is 0.719. The summed E-state index contributed by atoms with van der Waals surface area (Å²) in [7, 11) is 0. The maximum Gasteiger partial charge on any atom is 0.409 e. The fraction of sp³-hybridized carbons (Fsp3) is 0.481. The number of carbonyl (C=O) groups is 2. The molecule has 2 aromatic rings. The van der Waals surface area contributed by atoms with E-state index in [1.54, 1.807) is 0 Å². The van der Waals surface area contributed by atoms with E-state index in [2.05, 4.69) is 28.4 Å². The first-order valence-corrected chi connectivity index (χ1v) is 12.5. The smallest absolute Gasteiger partial charge is 0.409 e. The third-order valence-corrected chi connectivity index (χ3v) is 7.76. The second-order valence-corrected chi connectivity index (χ2v) is 9.63. The third-order valence-electron chi connectivity index (χ3n) is 7.76. The Morgan fingerprint density at radius 3 is 2.35 bits per heavy atom. The molecule has 0 radical (unpaired) electrons. The fourth-order valence-corrected chi connectivity index (χ4v) is 5.90. The van der Waals surface area contributed by atoms with Crippen LogP contribution in [0.2, 0.25) is 0 Å². The van der Waals surface area contributed by atoms with Crippen molar-refractivity contribution in [3.05, 3.63) is 60.2 Å². The number of para-hydroxylation sites is 2. The number of urea groups is 1. The molecule has 180 valence electrons. The van der Waals surface area contributed by atoms with Crippen molar-refractivity contribution in [3.8, 4) is 0 Å². The summed E-state index contributed by atoms with van der Waals surface area (Å²) < 4.78 is 5.16. The molecule has 34 heavy (non-hydrogen) atoms. The lowest BCUT2D eigenvalue weighted by Crippen LogP contribution is -2.52. The van der Waals surface area contributed by atoms with Gasteiger partial charge in [0.25, 0.3) is 0 Å². The SMILES string of the molecule is CCOC(=O)N1CCC(N2CCC3(CC2)CN(C(=O)Nc2ccccc2)c2ccccc23)CC1. The van der Waals surface area contributed by atoms with Gasteiger partial charge in [0.2, 0.25) is 0 Å². The second kappa shape index (κ2) is 9.66. The number of nitrogens with one attached hydrogen (secondary N) is 1. The minimum absolute atomic E-state index is 0.00670. The Balaban J connectivity index is 1.23. The van der Waals surface area contributed by atoms with Gasteiger partial charge in [0.05, 0.1) is 6.61 Å². The molecule has 3 aliphatic heterocycles. The van der Waals surface area contributed by atoms with Crippen molar-refractivity contribution >= 4 is 23.5 Å². The molecule has 5 rings (SSSR count). The van der Waals surface area contributed by atoms with Gasteiger partial charge in [-0.2, -0.15) is 0 Å². The first kappa shape index (κ1) is 22.7. The van der Waals surface area contributed by atoms with Crippen molar-refractivity contribution < 1.29 is 14.3 Å². The number of amides is 3. The van der Waals surface area contributed by atoms with E-state index in [0.29, 0.717) is 12.6 Å². The van der Waals surface area contributed by atoms with Gasteiger partial charge in [-0.1, -0.05) is 36.4 Å². The highest BCUT2D eigenvalue weighted by molar-refractivity contribution is 6.03. The standard InChI is InChI=1S/C27H34N4O3/c1-2-34-26(33)30-16-12-22(13-17-30)29-18-14-27(15-19-29)20-31(24-11-7-6-10-23(24)27)25(32)28-21-8-4-3-5-9-21/h3-11,22H,2,12-20H2,1H3,(H,28,32). The van der Waals surface area contributed by atoms with Gasteiger partial charge >= 0.3 is 12.1 Å². The Morgan fingerprint density at radius 1 is 0.971 bits per heavy atom. The van der Waals surface area contributed by atoms with E-state index in [1.807, 2.05) is 53.1 Å². The number of benzene rings is 2. The molecule has 0 unspecified atom stereocenters. The van der Waals surface area contributed by atoms with E-state index in [1.165, 1.54) is 5.56 Å². The average molecular weight is 463 g/mol. The van der Waals surface area contributed by atoms with E-state index in [9.17, 15) is 9.59 Å². The van der Waals surface area contributed by atoms with Gasteiger partial charge < -0.3 is 19.9 Å². The molecular weight excluding hydrogens is 428 g/mol. The van der Waals surface area contributed by atoms with E-state index in [-0.39, 0.29) is 17.5 Å². The summed E-state index contributed by atoms with van der Waals surface area (Å²) in [5.74, 6) is 0. The molecule has 0 saturated carbocycles. The molecule has 1 spiro atoms. The summed E-state index contributed by atoms with van der Waals surface area (Å²) >= 11 is 0. The Bertz CT molecular complexity index is 1010. The molecule has 0 atom stereocenters. The molecular formula is C27H34N4O3. The van der Waals surface area contributed by atoms with E-state index in [0.717, 1.165) is 69.8 Å². The molecule has 3 heterocycles. The summed E-state index contributed by atoms with van der Waals surface area (Å²) in [5, 5.41) is 3.06. The number of ether oxygens (including phenoxy) is 1. The van der Waals surface area contributed by atoms with E-state index < -0.39 is 0 Å². The van der Waals surface area contributed by atoms with E-state index in [4.69, 9.17) is 4.74 Å². The Kier molecular flexibility index (Phi) is 6.46. The van der Waals surface area contributed by atoms with Gasteiger partial charge in [-0.3, -0.25) is 4.90 Å². The molecule has 3 amide bonds. The van der Waals surface area contributed by atoms with Gasteiger partial charge in [-0.25, -0.2) is 9.59 Å². The van der Waals surface area contributed by atoms with Crippen molar-refractivity contribution in [2.24, 2.45) is 0 Å². The van der Waals surface area contributed by atoms with Crippen LogP contribution in [0.1, 0.15) is 38.2 Å². The van der Waals surface area contributed by atoms with Crippen LogP contribution in [0.3, 0.4) is 0 Å². The molecule has 7 nitrogen and oxygen atoms in total. The van der Waals surface area contributed by atoms with Crippen LogP contribution < -0.4 is 10.2 Å². The molecule has 0 bridgehead atoms. The van der Waals surface area contributed by atoms with Crippen LogP contribution in [-0.4, -0.2) is 67.3 Å². The van der Waals surface area contributed by atoms with Crippen LogP contribution in [0.4, 0.5) is 21.0 Å². The first-order valence-electron chi connectivity index (χ1n) is 12.5. The lowest BCUT2D eigenvalue weighted by Gasteiger charge is -2.45. The summed E-state index contributed by atoms with van der Waals surface area (Å²) in [6.07, 6.45) is 3.88. The zero-order chi connectivity index (χ0) is 23.5. The minimum Gasteiger partial charge on any atom is -0.450 e. The number of carbonyl (C=O) groups excluding carboxylic acids is 2. The maximum atomic E-state index is 13.2. The Hall–Kier alpha value is -3.06. The lowest BCUT2D eigenvalue weighted by molar-refractivity contribution is 0.0581. The van der Waals surface area contributed by atoms with Crippen LogP contribution >= 0.6 is 0 Å². The monoisotopic (exact) mass is 462 g/mol. The highest BCUT2D eigenvalue weighted by atomic mass is 16.6. The summed E-state index contributed by atoms with van der Waals surface area (Å²) in [6.45, 7) is 6.57. The molecule has 2 saturated heterocycles. The summed E-state index contributed by atoms with van der Waals surface area (Å²) in [5.41, 5.74) is 3.16. The normalized spacial score (nSPS) is 20.3. The molecule has 3 aliphatic rings. The van der Waals surface area contributed by atoms with Crippen molar-refractivity contribution in [3.63, 3.8) is 0 Å². The van der Waals surface area contributed by atoms with E-state index >= 15 is 0 Å². The van der Waals surface area contributed by atoms with Gasteiger partial charge in [0.1, 0.15) is 0 Å². The maximum absolute atomic E-state index is 13.2. The molecule has 1 N–H and O–H groups in total. The van der Waals surface area contributed by atoms with Crippen LogP contribution in [-0.2, 0) is 10.2 Å². The molecule has 0 aliphatic carbocycles. The molecule has 2 aromatic carbocycles. The highest BCUT2D eigenvalue weighted by Gasteiger charge is 2.47. The lowest BCUT2D eigenvalue weighted by atomic mass is 9.74. The topological polar surface area (TPSA) is 65.1 Å². The highest BCUT2D eigenvalue weighted by Crippen LogP contribution is 2.47. The van der Waals surface area contributed by atoms with Gasteiger partial charge in [-0.05, 0) is 69.5 Å². The van der Waals surface area contributed by atoms with Crippen LogP contribution in [0.5, 0.6) is 0 Å². The summed E-state index contributed by atoms with van der Waals surface area (Å²) in [6, 6.07) is 18.5. The average Bonchev–Trinajstić information content (AvgIpc) is 3.20. The molecule has 2 fully saturated rings. The number of anilines is 2. The number of likely N-dealkylation sites (tertiary alicyclic amines) is 2. The number of hydrogen-bond acceptors (Lipinski definition) is 4. The first-order chi connectivity index (χ1) is 16.6. The second-order valence-electron chi connectivity index (χ2n) is 9.63. The van der Waals surface area contributed by atoms with Crippen LogP contribution in [0, 0.1) is 0 Å². The van der Waals surface area contributed by atoms with Crippen LogP contribution in [0.25, 0.3) is 0 Å². The molecule has 0 aromatic heterocycles. The van der Waals surface area contributed by atoms with Crippen molar-refractivity contribution in [1.29, 1.82) is 0 Å². The van der Waals surface area contributed by atoms with Crippen LogP contribution in [0.15, 0.2) is 54.6 Å². The van der Waals surface area contributed by atoms with Crippen molar-refractivity contribution in [2.75, 3.05) is 49.5 Å². The summed E-state index contributed by atoms with van der Waals surface area (Å²) in [4.78, 5) is 31.6. The largest absolute Gasteiger partial charge is 0.450 e. The Morgan fingerprint density at radius 2 is 1.65 bits per heavy atom. The van der Waals surface area contributed by atoms with Gasteiger partial charge in [0, 0.05) is 42.5 Å². The fourth-order valence-electron chi connectivity index (χ4n) is 5.90. The number of nitrogens with zero attached hydrogens (tertiary/aromatic N) is 3. The number of rotatable bonds is 3. The zero-order valence-electron chi connectivity index (χ0n) is 19.9. The van der Waals surface area contributed by atoms with Gasteiger partial charge in [-0.15, -0.1) is 0 Å². The predicted octanol–water partition coefficient (Wildman–Crippen LogP) is 4.69. The predicted molar refractivity (Wildman–Crippen MR) is 133 cm³/mol. The van der Waals surface area contributed by atoms with Gasteiger partial charge in [0.15, 0.2) is 0 Å². The van der Waals surface area contributed by atoms with Crippen molar-refractivity contribution in [2.45, 2.75) is 44.1 Å². The van der Waals surface area contributed by atoms with Crippen molar-refractivity contribution in [1.82, 2.24) is 9.80 Å². The Labute approximate surface area is 201 Å². The number of piperidine rings is 2. The molecule has 7 heteroatoms.